The summed E-state index contributed by atoms with van der Waals surface area (Å²) >= 11 is 0. The number of aliphatic hydroxyl groups is 2. The minimum atomic E-state index is -0.451. The van der Waals surface area contributed by atoms with E-state index in [1.807, 2.05) is 24.3 Å². The van der Waals surface area contributed by atoms with Crippen LogP contribution < -0.4 is 0 Å². The fraction of sp³-hybridized carbons (Fsp3) is 0.250. The number of rotatable bonds is 0. The first kappa shape index (κ1) is 10.3. The summed E-state index contributed by atoms with van der Waals surface area (Å²) < 4.78 is 0. The molecule has 0 saturated heterocycles. The Hall–Kier alpha value is -1.64. The van der Waals surface area contributed by atoms with Gasteiger partial charge in [-0.25, -0.2) is 0 Å². The predicted molar refractivity (Wildman–Crippen MR) is 69.2 cm³/mol. The second-order valence-corrected chi connectivity index (χ2v) is 5.20. The Labute approximate surface area is 106 Å². The van der Waals surface area contributed by atoms with E-state index in [1.165, 1.54) is 16.7 Å². The van der Waals surface area contributed by atoms with Gasteiger partial charge in [-0.15, -0.1) is 0 Å². The van der Waals surface area contributed by atoms with Crippen molar-refractivity contribution in [3.63, 3.8) is 0 Å². The highest BCUT2D eigenvalue weighted by atomic mass is 16.3. The minimum Gasteiger partial charge on any atom is -0.388 e. The summed E-state index contributed by atoms with van der Waals surface area (Å²) in [6, 6.07) is 12.1. The van der Waals surface area contributed by atoms with Crippen molar-refractivity contribution in [2.45, 2.75) is 25.0 Å². The van der Waals surface area contributed by atoms with Gasteiger partial charge in [0.15, 0.2) is 0 Å². The first-order valence-electron chi connectivity index (χ1n) is 6.36. The van der Waals surface area contributed by atoms with Crippen LogP contribution in [0.2, 0.25) is 0 Å². The molecule has 0 aromatic heterocycles. The van der Waals surface area contributed by atoms with Gasteiger partial charge in [0, 0.05) is 12.8 Å². The molecule has 0 amide bonds. The molecule has 2 atom stereocenters. The lowest BCUT2D eigenvalue weighted by atomic mass is 9.74. The topological polar surface area (TPSA) is 40.5 Å². The van der Waals surface area contributed by atoms with Crippen LogP contribution in [0.1, 0.15) is 34.5 Å². The Balaban J connectivity index is 2.14. The monoisotopic (exact) mass is 238 g/mol. The van der Waals surface area contributed by atoms with Crippen LogP contribution in [-0.2, 0) is 12.8 Å². The van der Waals surface area contributed by atoms with Crippen LogP contribution in [0.3, 0.4) is 0 Å². The van der Waals surface area contributed by atoms with E-state index in [9.17, 15) is 10.2 Å². The van der Waals surface area contributed by atoms with Crippen LogP contribution in [-0.4, -0.2) is 10.2 Å². The van der Waals surface area contributed by atoms with Gasteiger partial charge in [0.1, 0.15) is 0 Å². The molecule has 2 unspecified atom stereocenters. The van der Waals surface area contributed by atoms with Crippen LogP contribution in [0.15, 0.2) is 36.4 Å². The van der Waals surface area contributed by atoms with Crippen molar-refractivity contribution in [2.75, 3.05) is 0 Å². The Bertz CT molecular complexity index is 597. The van der Waals surface area contributed by atoms with Crippen molar-refractivity contribution in [3.05, 3.63) is 58.7 Å². The fourth-order valence-corrected chi connectivity index (χ4v) is 3.38. The third-order valence-electron chi connectivity index (χ3n) is 4.16. The summed E-state index contributed by atoms with van der Waals surface area (Å²) in [6.45, 7) is 0. The average Bonchev–Trinajstić information content (AvgIpc) is 2.38. The maximum atomic E-state index is 10.3. The molecule has 2 N–H and O–H groups in total. The molecule has 2 aliphatic carbocycles. The Morgan fingerprint density at radius 1 is 0.722 bits per heavy atom. The van der Waals surface area contributed by atoms with Crippen molar-refractivity contribution in [2.24, 2.45) is 0 Å². The summed E-state index contributed by atoms with van der Waals surface area (Å²) in [4.78, 5) is 0. The highest BCUT2D eigenvalue weighted by Crippen LogP contribution is 2.47. The molecule has 0 fully saturated rings. The van der Waals surface area contributed by atoms with Gasteiger partial charge in [0.25, 0.3) is 0 Å². The lowest BCUT2D eigenvalue weighted by Gasteiger charge is -2.33. The molecule has 2 nitrogen and oxygen atoms in total. The first-order chi connectivity index (χ1) is 8.75. The van der Waals surface area contributed by atoms with Gasteiger partial charge in [-0.2, -0.15) is 0 Å². The minimum absolute atomic E-state index is 0.451. The van der Waals surface area contributed by atoms with Crippen molar-refractivity contribution in [1.29, 1.82) is 0 Å². The van der Waals surface area contributed by atoms with Crippen molar-refractivity contribution in [1.82, 2.24) is 0 Å². The molecule has 0 spiro atoms. The fourth-order valence-electron chi connectivity index (χ4n) is 3.38. The molecule has 0 saturated carbocycles. The summed E-state index contributed by atoms with van der Waals surface area (Å²) in [6.07, 6.45) is 0.451. The van der Waals surface area contributed by atoms with Crippen molar-refractivity contribution >= 4 is 0 Å². The molecule has 90 valence electrons. The smallest absolute Gasteiger partial charge is 0.0836 e. The number of hydrogen-bond donors (Lipinski definition) is 2. The van der Waals surface area contributed by atoms with E-state index in [0.29, 0.717) is 12.8 Å². The van der Waals surface area contributed by atoms with Crippen LogP contribution in [0.5, 0.6) is 0 Å². The molecule has 0 aliphatic heterocycles. The average molecular weight is 238 g/mol. The third-order valence-corrected chi connectivity index (χ3v) is 4.16. The van der Waals surface area contributed by atoms with Crippen LogP contribution in [0.25, 0.3) is 11.1 Å². The van der Waals surface area contributed by atoms with E-state index in [1.54, 1.807) is 0 Å². The standard InChI is InChI=1S/C16H14O2/c17-13-7-9-3-1-4-10-8-14(18)12-6-2-5-11(13)16(12)15(9)10/h1-6,13-14,17-18H,7-8H2. The molecule has 0 heterocycles. The quantitative estimate of drug-likeness (QED) is 0.740. The normalized spacial score (nSPS) is 23.7. The van der Waals surface area contributed by atoms with Gasteiger partial charge in [-0.05, 0) is 33.4 Å². The molecule has 2 heteroatoms. The molecule has 0 radical (unpaired) electrons. The van der Waals surface area contributed by atoms with E-state index in [2.05, 4.69) is 12.1 Å². The van der Waals surface area contributed by atoms with Gasteiger partial charge in [-0.3, -0.25) is 0 Å². The van der Waals surface area contributed by atoms with E-state index in [0.717, 1.165) is 16.7 Å². The summed E-state index contributed by atoms with van der Waals surface area (Å²) in [5, 5.41) is 20.5. The first-order valence-corrected chi connectivity index (χ1v) is 6.36. The third kappa shape index (κ3) is 1.19. The lowest BCUT2D eigenvalue weighted by Crippen LogP contribution is -2.19. The van der Waals surface area contributed by atoms with Gasteiger partial charge in [-0.1, -0.05) is 36.4 Å². The second kappa shape index (κ2) is 3.44. The molecule has 18 heavy (non-hydrogen) atoms. The molecular formula is C16H14O2. The SMILES string of the molecule is OC1Cc2cccc3c2-c2c1cccc2C(O)C3. The van der Waals surface area contributed by atoms with Gasteiger partial charge >= 0.3 is 0 Å². The zero-order chi connectivity index (χ0) is 12.3. The van der Waals surface area contributed by atoms with E-state index in [-0.39, 0.29) is 0 Å². The summed E-state index contributed by atoms with van der Waals surface area (Å²) in [5.74, 6) is 0. The van der Waals surface area contributed by atoms with Gasteiger partial charge < -0.3 is 10.2 Å². The highest BCUT2D eigenvalue weighted by molar-refractivity contribution is 5.81. The highest BCUT2D eigenvalue weighted by Gasteiger charge is 2.32. The number of aliphatic hydroxyl groups excluding tert-OH is 2. The van der Waals surface area contributed by atoms with Crippen LogP contribution in [0, 0.1) is 0 Å². The molecule has 2 aromatic carbocycles. The summed E-state index contributed by atoms with van der Waals surface area (Å²) in [7, 11) is 0. The maximum Gasteiger partial charge on any atom is 0.0836 e. The molecule has 2 aromatic rings. The Morgan fingerprint density at radius 2 is 1.22 bits per heavy atom. The number of benzene rings is 2. The molecule has 0 bridgehead atoms. The zero-order valence-electron chi connectivity index (χ0n) is 9.93. The largest absolute Gasteiger partial charge is 0.388 e. The zero-order valence-corrected chi connectivity index (χ0v) is 9.93. The molecule has 2 aliphatic rings. The second-order valence-electron chi connectivity index (χ2n) is 5.20. The van der Waals surface area contributed by atoms with Crippen LogP contribution >= 0.6 is 0 Å². The van der Waals surface area contributed by atoms with E-state index in [4.69, 9.17) is 0 Å². The van der Waals surface area contributed by atoms with Crippen molar-refractivity contribution in [3.8, 4) is 11.1 Å². The predicted octanol–water partition coefficient (Wildman–Crippen LogP) is 2.53. The van der Waals surface area contributed by atoms with Crippen molar-refractivity contribution < 1.29 is 10.2 Å². The van der Waals surface area contributed by atoms with Gasteiger partial charge in [0.05, 0.1) is 12.2 Å². The molecular weight excluding hydrogens is 224 g/mol. The maximum absolute atomic E-state index is 10.3. The number of hydrogen-bond acceptors (Lipinski definition) is 2. The van der Waals surface area contributed by atoms with Gasteiger partial charge in [0.2, 0.25) is 0 Å². The van der Waals surface area contributed by atoms with E-state index >= 15 is 0 Å². The van der Waals surface area contributed by atoms with Crippen LogP contribution in [0.4, 0.5) is 0 Å². The molecule has 4 rings (SSSR count). The summed E-state index contributed by atoms with van der Waals surface area (Å²) in [5.41, 5.74) is 6.65. The Morgan fingerprint density at radius 3 is 1.78 bits per heavy atom. The van der Waals surface area contributed by atoms with E-state index < -0.39 is 12.2 Å². The Kier molecular flexibility index (Phi) is 1.97. The lowest BCUT2D eigenvalue weighted by molar-refractivity contribution is 0.167.